The first-order valence-corrected chi connectivity index (χ1v) is 5.86. The summed E-state index contributed by atoms with van der Waals surface area (Å²) >= 11 is 0. The van der Waals surface area contributed by atoms with Crippen molar-refractivity contribution in [3.8, 4) is 0 Å². The summed E-state index contributed by atoms with van der Waals surface area (Å²) < 4.78 is 0. The Labute approximate surface area is 65.3 Å². The van der Waals surface area contributed by atoms with Gasteiger partial charge in [-0.1, -0.05) is 0 Å². The zero-order chi connectivity index (χ0) is 9.07. The van der Waals surface area contributed by atoms with Crippen LogP contribution in [0.15, 0.2) is 0 Å². The molecule has 6 heteroatoms. The number of hydrogen-bond acceptors (Lipinski definition) is 4. The second-order valence-electron chi connectivity index (χ2n) is 2.70. The molecular weight excluding hydrogens is 169 g/mol. The Kier molecular flexibility index (Phi) is 3.89. The van der Waals surface area contributed by atoms with Crippen molar-refractivity contribution in [2.75, 3.05) is 12.8 Å². The van der Waals surface area contributed by atoms with Gasteiger partial charge in [0.25, 0.3) is 0 Å². The first kappa shape index (κ1) is 10.8. The fraction of sp³-hybridized carbons (Fsp3) is 0.800. The molecule has 11 heavy (non-hydrogen) atoms. The summed E-state index contributed by atoms with van der Waals surface area (Å²) in [5.74, 6) is -1.11. The van der Waals surface area contributed by atoms with E-state index < -0.39 is 19.7 Å². The van der Waals surface area contributed by atoms with Crippen LogP contribution in [0.4, 0.5) is 0 Å². The molecule has 0 aromatic rings. The number of hydrogen-bond donors (Lipinski definition) is 4. The van der Waals surface area contributed by atoms with Crippen LogP contribution in [0.3, 0.4) is 0 Å². The van der Waals surface area contributed by atoms with Crippen molar-refractivity contribution >= 4 is 13.7 Å². The van der Waals surface area contributed by atoms with Crippen LogP contribution in [0.25, 0.3) is 0 Å². The van der Waals surface area contributed by atoms with Gasteiger partial charge in [-0.2, -0.15) is 0 Å². The molecule has 0 spiro atoms. The van der Waals surface area contributed by atoms with E-state index in [1.807, 2.05) is 0 Å². The Hall–Kier alpha value is -0.220. The molecule has 5 nitrogen and oxygen atoms in total. The normalized spacial score (nSPS) is 16.0. The zero-order valence-electron chi connectivity index (χ0n) is 6.32. The molecule has 0 aromatic carbocycles. The van der Waals surface area contributed by atoms with Crippen molar-refractivity contribution < 1.29 is 19.7 Å². The third-order valence-electron chi connectivity index (χ3n) is 1.25. The first-order valence-electron chi connectivity index (χ1n) is 3.26. The third kappa shape index (κ3) is 6.19. The van der Waals surface area contributed by atoms with E-state index in [9.17, 15) is 4.79 Å². The molecule has 0 heterocycles. The van der Waals surface area contributed by atoms with Crippen molar-refractivity contribution in [3.63, 3.8) is 0 Å². The second kappa shape index (κ2) is 3.97. The molecule has 0 saturated heterocycles. The van der Waals surface area contributed by atoms with Gasteiger partial charge in [-0.15, -0.1) is 0 Å². The van der Waals surface area contributed by atoms with E-state index in [0.717, 1.165) is 0 Å². The van der Waals surface area contributed by atoms with Gasteiger partial charge in [-0.05, 0) is 0 Å². The Balaban J connectivity index is 3.63. The van der Waals surface area contributed by atoms with Crippen molar-refractivity contribution in [2.24, 2.45) is 5.73 Å². The van der Waals surface area contributed by atoms with Crippen molar-refractivity contribution in [1.82, 2.24) is 0 Å². The van der Waals surface area contributed by atoms with Gasteiger partial charge in [-0.25, -0.2) is 0 Å². The number of carboxylic acid groups (broad SMARTS) is 1. The average Bonchev–Trinajstić information content (AvgIpc) is 1.80. The SMILES string of the molecule is C[PH](O)(O)CCC(N)C(=O)O. The van der Waals surface area contributed by atoms with E-state index in [1.54, 1.807) is 0 Å². The molecule has 0 radical (unpaired) electrons. The van der Waals surface area contributed by atoms with Crippen LogP contribution in [0.2, 0.25) is 0 Å². The molecule has 0 aliphatic rings. The van der Waals surface area contributed by atoms with Crippen molar-refractivity contribution in [1.29, 1.82) is 0 Å². The predicted octanol–water partition coefficient (Wildman–Crippen LogP) is -1.02. The maximum absolute atomic E-state index is 10.1. The van der Waals surface area contributed by atoms with E-state index >= 15 is 0 Å². The summed E-state index contributed by atoms with van der Waals surface area (Å²) in [4.78, 5) is 27.9. The molecule has 0 aromatic heterocycles. The van der Waals surface area contributed by atoms with E-state index in [4.69, 9.17) is 20.6 Å². The molecule has 1 unspecified atom stereocenters. The fourth-order valence-electron chi connectivity index (χ4n) is 0.552. The molecule has 0 aliphatic heterocycles. The van der Waals surface area contributed by atoms with E-state index in [0.29, 0.717) is 0 Å². The molecule has 0 rings (SSSR count). The first-order chi connectivity index (χ1) is 4.83. The Morgan fingerprint density at radius 1 is 1.64 bits per heavy atom. The van der Waals surface area contributed by atoms with Crippen LogP contribution in [0.5, 0.6) is 0 Å². The molecule has 0 saturated carbocycles. The summed E-state index contributed by atoms with van der Waals surface area (Å²) in [5.41, 5.74) is 5.12. The van der Waals surface area contributed by atoms with Gasteiger partial charge in [0.05, 0.1) is 0 Å². The summed E-state index contributed by atoms with van der Waals surface area (Å²) in [6.45, 7) is 1.32. The van der Waals surface area contributed by atoms with Crippen LogP contribution in [-0.4, -0.2) is 39.7 Å². The zero-order valence-corrected chi connectivity index (χ0v) is 7.32. The Morgan fingerprint density at radius 3 is 2.36 bits per heavy atom. The number of aliphatic carboxylic acids is 1. The summed E-state index contributed by atoms with van der Waals surface area (Å²) in [6.07, 6.45) is 0.214. The molecule has 0 amide bonds. The van der Waals surface area contributed by atoms with E-state index in [1.165, 1.54) is 6.66 Å². The van der Waals surface area contributed by atoms with Gasteiger partial charge in [0, 0.05) is 0 Å². The molecule has 0 fully saturated rings. The number of rotatable bonds is 4. The number of carbonyl (C=O) groups is 1. The Morgan fingerprint density at radius 2 is 2.09 bits per heavy atom. The summed E-state index contributed by atoms with van der Waals surface area (Å²) in [7, 11) is -3.11. The standard InChI is InChI=1S/C5H14NO4P/c1-11(9,10)3-2-4(6)5(7)8/h4,9-11H,2-3,6H2,1H3,(H,7,8). The third-order valence-corrected chi connectivity index (χ3v) is 2.48. The van der Waals surface area contributed by atoms with Crippen LogP contribution >= 0.6 is 7.72 Å². The molecule has 0 aliphatic carbocycles. The Bertz CT molecular complexity index is 144. The topological polar surface area (TPSA) is 104 Å². The minimum absolute atomic E-state index is 0.0977. The molecule has 68 valence electrons. The van der Waals surface area contributed by atoms with E-state index in [-0.39, 0.29) is 12.6 Å². The number of nitrogens with two attached hydrogens (primary N) is 1. The second-order valence-corrected chi connectivity index (χ2v) is 5.63. The van der Waals surface area contributed by atoms with Crippen LogP contribution in [0.1, 0.15) is 6.42 Å². The predicted molar refractivity (Wildman–Crippen MR) is 43.8 cm³/mol. The summed E-state index contributed by atoms with van der Waals surface area (Å²) in [6, 6.07) is -0.985. The fourth-order valence-corrected chi connectivity index (χ4v) is 1.41. The molecule has 0 bridgehead atoms. The quantitative estimate of drug-likeness (QED) is 0.418. The van der Waals surface area contributed by atoms with Crippen LogP contribution in [-0.2, 0) is 4.79 Å². The van der Waals surface area contributed by atoms with Crippen LogP contribution < -0.4 is 5.73 Å². The van der Waals surface area contributed by atoms with E-state index in [2.05, 4.69) is 0 Å². The van der Waals surface area contributed by atoms with Crippen molar-refractivity contribution in [2.45, 2.75) is 12.5 Å². The average molecular weight is 183 g/mol. The van der Waals surface area contributed by atoms with Crippen LogP contribution in [0, 0.1) is 0 Å². The number of carboxylic acids is 1. The maximum atomic E-state index is 10.1. The van der Waals surface area contributed by atoms with Gasteiger partial charge in [-0.3, -0.25) is 0 Å². The van der Waals surface area contributed by atoms with Gasteiger partial charge in [0.2, 0.25) is 0 Å². The van der Waals surface area contributed by atoms with Gasteiger partial charge < -0.3 is 0 Å². The van der Waals surface area contributed by atoms with Gasteiger partial charge >= 0.3 is 64.4 Å². The minimum atomic E-state index is -3.11. The van der Waals surface area contributed by atoms with Crippen molar-refractivity contribution in [3.05, 3.63) is 0 Å². The van der Waals surface area contributed by atoms with Gasteiger partial charge in [0.15, 0.2) is 0 Å². The molecular formula is C5H14NO4P. The molecule has 1 atom stereocenters. The summed E-state index contributed by atoms with van der Waals surface area (Å²) in [5, 5.41) is 8.31. The molecule has 5 N–H and O–H groups in total. The van der Waals surface area contributed by atoms with Gasteiger partial charge in [0.1, 0.15) is 0 Å². The monoisotopic (exact) mass is 183 g/mol.